The molecule has 0 saturated carbocycles. The highest BCUT2D eigenvalue weighted by atomic mass is 15.1. The topological polar surface area (TPSA) is 3.24 Å². The number of para-hydroxylation sites is 2. The zero-order chi connectivity index (χ0) is 25.8. The van der Waals surface area contributed by atoms with E-state index in [-0.39, 0.29) is 0 Å². The van der Waals surface area contributed by atoms with E-state index >= 15 is 0 Å². The van der Waals surface area contributed by atoms with Gasteiger partial charge >= 0.3 is 0 Å². The summed E-state index contributed by atoms with van der Waals surface area (Å²) in [6, 6.07) is 51.3. The van der Waals surface area contributed by atoms with Gasteiger partial charge in [0.25, 0.3) is 0 Å². The minimum Gasteiger partial charge on any atom is -0.310 e. The third kappa shape index (κ3) is 3.55. The van der Waals surface area contributed by atoms with Crippen LogP contribution in [-0.4, -0.2) is 0 Å². The Morgan fingerprint density at radius 1 is 0.359 bits per heavy atom. The molecule has 1 heteroatoms. The first-order valence-electron chi connectivity index (χ1n) is 13.7. The van der Waals surface area contributed by atoms with Crippen molar-refractivity contribution in [3.63, 3.8) is 0 Å². The molecule has 1 aliphatic heterocycles. The molecule has 0 aliphatic carbocycles. The van der Waals surface area contributed by atoms with E-state index in [1.165, 1.54) is 71.6 Å². The highest BCUT2D eigenvalue weighted by molar-refractivity contribution is 6.25. The van der Waals surface area contributed by atoms with Gasteiger partial charge < -0.3 is 4.90 Å². The van der Waals surface area contributed by atoms with Gasteiger partial charge in [-0.3, -0.25) is 0 Å². The maximum absolute atomic E-state index is 2.45. The number of hydrogen-bond acceptors (Lipinski definition) is 1. The number of hydrogen-bond donors (Lipinski definition) is 0. The summed E-state index contributed by atoms with van der Waals surface area (Å²) in [6.45, 7) is 0. The molecule has 0 amide bonds. The zero-order valence-electron chi connectivity index (χ0n) is 21.6. The van der Waals surface area contributed by atoms with Crippen molar-refractivity contribution in [3.8, 4) is 11.1 Å². The van der Waals surface area contributed by atoms with Gasteiger partial charge in [0.05, 0.1) is 0 Å². The minimum atomic E-state index is 1.05. The molecule has 0 N–H and O–H groups in total. The normalized spacial score (nSPS) is 12.9. The van der Waals surface area contributed by atoms with Crippen LogP contribution >= 0.6 is 0 Å². The first kappa shape index (κ1) is 22.1. The van der Waals surface area contributed by atoms with Gasteiger partial charge in [-0.15, -0.1) is 0 Å². The van der Waals surface area contributed by atoms with Gasteiger partial charge in [0, 0.05) is 17.1 Å². The average molecular weight is 498 g/mol. The predicted molar refractivity (Wildman–Crippen MR) is 166 cm³/mol. The van der Waals surface area contributed by atoms with Crippen LogP contribution in [0.2, 0.25) is 0 Å². The van der Waals surface area contributed by atoms with Crippen molar-refractivity contribution in [2.24, 2.45) is 0 Å². The van der Waals surface area contributed by atoms with E-state index in [0.29, 0.717) is 0 Å². The molecule has 0 aromatic heterocycles. The van der Waals surface area contributed by atoms with Crippen molar-refractivity contribution in [2.75, 3.05) is 4.90 Å². The summed E-state index contributed by atoms with van der Waals surface area (Å²) in [5.41, 5.74) is 8.99. The molecular weight excluding hydrogens is 470 g/mol. The summed E-state index contributed by atoms with van der Waals surface area (Å²) in [7, 11) is 0. The van der Waals surface area contributed by atoms with Gasteiger partial charge in [0.2, 0.25) is 0 Å². The van der Waals surface area contributed by atoms with Gasteiger partial charge in [0.1, 0.15) is 0 Å². The van der Waals surface area contributed by atoms with Gasteiger partial charge in [-0.25, -0.2) is 0 Å². The van der Waals surface area contributed by atoms with Crippen molar-refractivity contribution < 1.29 is 0 Å². The van der Waals surface area contributed by atoms with Crippen LogP contribution in [0.5, 0.6) is 0 Å². The lowest BCUT2D eigenvalue weighted by atomic mass is 9.92. The molecule has 0 fully saturated rings. The number of benzene rings is 7. The summed E-state index contributed by atoms with van der Waals surface area (Å²) >= 11 is 0. The van der Waals surface area contributed by atoms with E-state index in [1.807, 2.05) is 0 Å². The molecule has 0 spiro atoms. The van der Waals surface area contributed by atoms with Crippen LogP contribution < -0.4 is 4.90 Å². The highest BCUT2D eigenvalue weighted by Gasteiger charge is 2.22. The maximum Gasteiger partial charge on any atom is 0.0493 e. The first-order chi connectivity index (χ1) is 19.3. The first-order valence-corrected chi connectivity index (χ1v) is 13.7. The monoisotopic (exact) mass is 497 g/mol. The fraction of sp³-hybridized carbons (Fsp3) is 0.0526. The second kappa shape index (κ2) is 8.85. The molecule has 39 heavy (non-hydrogen) atoms. The lowest BCUT2D eigenvalue weighted by molar-refractivity contribution is 0.977. The molecule has 0 saturated heterocycles. The molecule has 0 atom stereocenters. The molecule has 7 aromatic carbocycles. The average Bonchev–Trinajstić information content (AvgIpc) is 3.18. The highest BCUT2D eigenvalue weighted by Crippen LogP contribution is 2.43. The van der Waals surface area contributed by atoms with Crippen LogP contribution in [0.15, 0.2) is 140 Å². The third-order valence-corrected chi connectivity index (χ3v) is 8.31. The van der Waals surface area contributed by atoms with Crippen molar-refractivity contribution in [1.82, 2.24) is 0 Å². The minimum absolute atomic E-state index is 1.05. The van der Waals surface area contributed by atoms with Gasteiger partial charge in [0.15, 0.2) is 0 Å². The Balaban J connectivity index is 1.33. The summed E-state index contributed by atoms with van der Waals surface area (Å²) < 4.78 is 0. The second-order valence-electron chi connectivity index (χ2n) is 10.5. The van der Waals surface area contributed by atoms with Crippen molar-refractivity contribution >= 4 is 49.4 Å². The number of aryl methyl sites for hydroxylation is 2. The van der Waals surface area contributed by atoms with Crippen LogP contribution in [0.1, 0.15) is 11.1 Å². The Kier molecular flexibility index (Phi) is 5.03. The SMILES string of the molecule is c1cc(-c2ccc3c4ccccc4c4ccccc4c3c2)cc(N2c3ccccc3CCc3ccccc32)c1. The molecule has 1 aliphatic rings. The Bertz CT molecular complexity index is 1950. The molecule has 0 radical (unpaired) electrons. The van der Waals surface area contributed by atoms with Crippen molar-refractivity contribution in [3.05, 3.63) is 151 Å². The maximum atomic E-state index is 2.45. The molecule has 1 heterocycles. The van der Waals surface area contributed by atoms with Crippen LogP contribution in [-0.2, 0) is 12.8 Å². The molecule has 184 valence electrons. The summed E-state index contributed by atoms with van der Waals surface area (Å²) in [4.78, 5) is 2.45. The fourth-order valence-electron chi connectivity index (χ4n) is 6.47. The summed E-state index contributed by atoms with van der Waals surface area (Å²) in [6.07, 6.45) is 2.10. The van der Waals surface area contributed by atoms with Crippen LogP contribution in [0, 0.1) is 0 Å². The van der Waals surface area contributed by atoms with Gasteiger partial charge in [-0.2, -0.15) is 0 Å². The summed E-state index contributed by atoms with van der Waals surface area (Å²) in [5.74, 6) is 0. The fourth-order valence-corrected chi connectivity index (χ4v) is 6.47. The van der Waals surface area contributed by atoms with Crippen LogP contribution in [0.4, 0.5) is 17.1 Å². The Hall–Kier alpha value is -4.88. The lowest BCUT2D eigenvalue weighted by Gasteiger charge is -2.27. The molecule has 0 unspecified atom stereocenters. The quantitative estimate of drug-likeness (QED) is 0.215. The molecule has 8 rings (SSSR count). The lowest BCUT2D eigenvalue weighted by Crippen LogP contribution is -2.11. The van der Waals surface area contributed by atoms with E-state index in [1.54, 1.807) is 0 Å². The van der Waals surface area contributed by atoms with Crippen LogP contribution in [0.3, 0.4) is 0 Å². The standard InChI is InChI=1S/C38H27N/c1-7-18-37-26(10-1)20-21-27-11-2-8-19-38(27)39(37)30-13-9-12-28(24-30)29-22-23-35-33-16-4-3-14-31(33)32-15-5-6-17-34(32)36(35)25-29/h1-19,22-25H,20-21H2. The Morgan fingerprint density at radius 2 is 0.846 bits per heavy atom. The number of rotatable bonds is 2. The van der Waals surface area contributed by atoms with Crippen molar-refractivity contribution in [2.45, 2.75) is 12.8 Å². The molecule has 0 bridgehead atoms. The third-order valence-electron chi connectivity index (χ3n) is 8.31. The Labute approximate surface area is 228 Å². The number of fused-ring (bicyclic) bond motifs is 8. The van der Waals surface area contributed by atoms with Gasteiger partial charge in [-0.1, -0.05) is 109 Å². The van der Waals surface area contributed by atoms with Crippen LogP contribution in [0.25, 0.3) is 43.4 Å². The van der Waals surface area contributed by atoms with E-state index in [2.05, 4.69) is 144 Å². The van der Waals surface area contributed by atoms with Crippen molar-refractivity contribution in [1.29, 1.82) is 0 Å². The molecule has 1 nitrogen and oxygen atoms in total. The summed E-state index contributed by atoms with van der Waals surface area (Å²) in [5, 5.41) is 7.85. The van der Waals surface area contributed by atoms with E-state index in [4.69, 9.17) is 0 Å². The zero-order valence-corrected chi connectivity index (χ0v) is 21.6. The smallest absolute Gasteiger partial charge is 0.0493 e. The number of nitrogens with zero attached hydrogens (tertiary/aromatic N) is 1. The van der Waals surface area contributed by atoms with E-state index < -0.39 is 0 Å². The Morgan fingerprint density at radius 3 is 1.46 bits per heavy atom. The second-order valence-corrected chi connectivity index (χ2v) is 10.5. The van der Waals surface area contributed by atoms with Gasteiger partial charge in [-0.05, 0) is 97.7 Å². The van der Waals surface area contributed by atoms with E-state index in [9.17, 15) is 0 Å². The number of anilines is 3. The van der Waals surface area contributed by atoms with E-state index in [0.717, 1.165) is 12.8 Å². The predicted octanol–water partition coefficient (Wildman–Crippen LogP) is 10.4. The largest absolute Gasteiger partial charge is 0.310 e. The molecule has 7 aromatic rings. The molecular formula is C38H27N.